The van der Waals surface area contributed by atoms with E-state index in [-0.39, 0.29) is 16.7 Å². The van der Waals surface area contributed by atoms with Crippen molar-refractivity contribution < 1.29 is 9.66 Å². The van der Waals surface area contributed by atoms with Gasteiger partial charge in [-0.3, -0.25) is 15.0 Å². The van der Waals surface area contributed by atoms with E-state index in [2.05, 4.69) is 39.9 Å². The molecule has 0 radical (unpaired) electrons. The molecule has 3 aromatic rings. The van der Waals surface area contributed by atoms with Gasteiger partial charge in [0.05, 0.1) is 18.1 Å². The summed E-state index contributed by atoms with van der Waals surface area (Å²) < 4.78 is 7.62. The maximum Gasteiger partial charge on any atom is 0.269 e. The van der Waals surface area contributed by atoms with Crippen molar-refractivity contribution in [2.75, 3.05) is 13.7 Å². The molecule has 0 aliphatic carbocycles. The molecule has 2 heterocycles. The number of nitro benzene ring substituents is 1. The highest BCUT2D eigenvalue weighted by Crippen LogP contribution is 2.34. The number of methoxy groups -OCH3 is 1. The maximum absolute atomic E-state index is 11.2. The lowest BCUT2D eigenvalue weighted by atomic mass is 10.0. The zero-order valence-corrected chi connectivity index (χ0v) is 15.8. The Morgan fingerprint density at radius 3 is 2.68 bits per heavy atom. The van der Waals surface area contributed by atoms with Gasteiger partial charge in [-0.05, 0) is 41.8 Å². The molecule has 0 fully saturated rings. The number of aromatic nitrogens is 1. The van der Waals surface area contributed by atoms with E-state index >= 15 is 0 Å². The van der Waals surface area contributed by atoms with Crippen molar-refractivity contribution >= 4 is 5.69 Å². The van der Waals surface area contributed by atoms with Crippen LogP contribution in [0.3, 0.4) is 0 Å². The molecule has 0 bridgehead atoms. The highest BCUT2D eigenvalue weighted by Gasteiger charge is 2.27. The Bertz CT molecular complexity index is 965. The third-order valence-corrected chi connectivity index (χ3v) is 5.29. The quantitative estimate of drug-likeness (QED) is 0.488. The first-order chi connectivity index (χ1) is 13.7. The van der Waals surface area contributed by atoms with Crippen LogP contribution in [0.15, 0.2) is 66.9 Å². The van der Waals surface area contributed by atoms with Crippen LogP contribution in [0.5, 0.6) is 5.75 Å². The van der Waals surface area contributed by atoms with Crippen LogP contribution in [-0.4, -0.2) is 28.0 Å². The zero-order valence-electron chi connectivity index (χ0n) is 15.8. The molecule has 6 nitrogen and oxygen atoms in total. The molecule has 0 N–H and O–H groups in total. The highest BCUT2D eigenvalue weighted by molar-refractivity contribution is 5.36. The molecule has 1 aliphatic rings. The number of benzene rings is 2. The van der Waals surface area contributed by atoms with Gasteiger partial charge in [-0.25, -0.2) is 0 Å². The second-order valence-electron chi connectivity index (χ2n) is 7.05. The molecule has 0 saturated carbocycles. The number of non-ortho nitro benzene ring substituents is 1. The standard InChI is InChI=1S/C22H23N3O3/c1-28-20-10-8-18(9-11-20)22-21-7-3-12-23(21)13-4-14-24(22)16-17-5-2-6-19(15-17)25(26)27/h2-3,5-12,15,22H,4,13-14,16H2,1H3/t22-/m0/s1. The van der Waals surface area contributed by atoms with Crippen molar-refractivity contribution in [3.05, 3.63) is 93.8 Å². The van der Waals surface area contributed by atoms with E-state index in [1.54, 1.807) is 19.2 Å². The minimum absolute atomic E-state index is 0.0858. The number of rotatable bonds is 5. The summed E-state index contributed by atoms with van der Waals surface area (Å²) in [4.78, 5) is 13.2. The second kappa shape index (κ2) is 7.86. The molecular formula is C22H23N3O3. The minimum atomic E-state index is -0.335. The first-order valence-electron chi connectivity index (χ1n) is 9.42. The topological polar surface area (TPSA) is 60.5 Å². The van der Waals surface area contributed by atoms with Gasteiger partial charge in [0.15, 0.2) is 0 Å². The molecule has 144 valence electrons. The smallest absolute Gasteiger partial charge is 0.269 e. The lowest BCUT2D eigenvalue weighted by Gasteiger charge is -2.30. The number of hydrogen-bond donors (Lipinski definition) is 0. The summed E-state index contributed by atoms with van der Waals surface area (Å²) in [6, 6.07) is 19.5. The van der Waals surface area contributed by atoms with Gasteiger partial charge in [0.1, 0.15) is 5.75 Å². The molecule has 28 heavy (non-hydrogen) atoms. The number of fused-ring (bicyclic) bond motifs is 1. The van der Waals surface area contributed by atoms with Gasteiger partial charge in [-0.2, -0.15) is 0 Å². The van der Waals surface area contributed by atoms with Crippen LogP contribution in [0.2, 0.25) is 0 Å². The number of aryl methyl sites for hydroxylation is 1. The van der Waals surface area contributed by atoms with Crippen molar-refractivity contribution in [1.82, 2.24) is 9.47 Å². The largest absolute Gasteiger partial charge is 0.497 e. The van der Waals surface area contributed by atoms with E-state index in [9.17, 15) is 10.1 Å². The summed E-state index contributed by atoms with van der Waals surface area (Å²) in [5.74, 6) is 0.831. The molecule has 4 rings (SSSR count). The Morgan fingerprint density at radius 2 is 1.93 bits per heavy atom. The Kier molecular flexibility index (Phi) is 5.12. The average Bonchev–Trinajstić information content (AvgIpc) is 3.10. The van der Waals surface area contributed by atoms with E-state index in [1.165, 1.54) is 17.3 Å². The first kappa shape index (κ1) is 18.3. The Balaban J connectivity index is 1.71. The lowest BCUT2D eigenvalue weighted by molar-refractivity contribution is -0.384. The summed E-state index contributed by atoms with van der Waals surface area (Å²) in [6.07, 6.45) is 3.16. The fourth-order valence-corrected chi connectivity index (χ4v) is 3.98. The van der Waals surface area contributed by atoms with Crippen LogP contribution in [0.1, 0.15) is 29.3 Å². The SMILES string of the molecule is COc1ccc([C@H]2c3cccn3CCCN2Cc2cccc([N+](=O)[O-])c2)cc1. The summed E-state index contributed by atoms with van der Waals surface area (Å²) in [7, 11) is 1.67. The third kappa shape index (κ3) is 3.64. The van der Waals surface area contributed by atoms with Gasteiger partial charge in [-0.15, -0.1) is 0 Å². The zero-order chi connectivity index (χ0) is 19.5. The van der Waals surface area contributed by atoms with Crippen molar-refractivity contribution in [2.24, 2.45) is 0 Å². The number of nitro groups is 1. The molecule has 0 unspecified atom stereocenters. The van der Waals surface area contributed by atoms with Crippen molar-refractivity contribution in [3.8, 4) is 5.75 Å². The molecule has 1 aliphatic heterocycles. The molecule has 0 amide bonds. The number of ether oxygens (including phenoxy) is 1. The summed E-state index contributed by atoms with van der Waals surface area (Å²) in [5, 5.41) is 11.2. The fraction of sp³-hybridized carbons (Fsp3) is 0.273. The lowest BCUT2D eigenvalue weighted by Crippen LogP contribution is -2.29. The van der Waals surface area contributed by atoms with Crippen molar-refractivity contribution in [3.63, 3.8) is 0 Å². The predicted octanol–water partition coefficient (Wildman–Crippen LogP) is 4.40. The minimum Gasteiger partial charge on any atom is -0.497 e. The molecule has 1 aromatic heterocycles. The Morgan fingerprint density at radius 1 is 1.11 bits per heavy atom. The van der Waals surface area contributed by atoms with Gasteiger partial charge < -0.3 is 9.30 Å². The molecule has 0 spiro atoms. The predicted molar refractivity (Wildman–Crippen MR) is 107 cm³/mol. The summed E-state index contributed by atoms with van der Waals surface area (Å²) >= 11 is 0. The second-order valence-corrected chi connectivity index (χ2v) is 7.05. The number of hydrogen-bond acceptors (Lipinski definition) is 4. The fourth-order valence-electron chi connectivity index (χ4n) is 3.98. The van der Waals surface area contributed by atoms with E-state index in [4.69, 9.17) is 4.74 Å². The van der Waals surface area contributed by atoms with Crippen LogP contribution in [0, 0.1) is 10.1 Å². The van der Waals surface area contributed by atoms with Gasteiger partial charge in [0.25, 0.3) is 5.69 Å². The Hall–Kier alpha value is -3.12. The van der Waals surface area contributed by atoms with Crippen LogP contribution in [0.4, 0.5) is 5.69 Å². The Labute approximate surface area is 164 Å². The van der Waals surface area contributed by atoms with Crippen LogP contribution in [0.25, 0.3) is 0 Å². The first-order valence-corrected chi connectivity index (χ1v) is 9.42. The van der Waals surface area contributed by atoms with Gasteiger partial charge in [0, 0.05) is 43.7 Å². The molecule has 0 saturated heterocycles. The van der Waals surface area contributed by atoms with E-state index in [0.717, 1.165) is 30.8 Å². The van der Waals surface area contributed by atoms with Crippen LogP contribution >= 0.6 is 0 Å². The molecular weight excluding hydrogens is 354 g/mol. The third-order valence-electron chi connectivity index (χ3n) is 5.29. The summed E-state index contributed by atoms with van der Waals surface area (Å²) in [5.41, 5.74) is 3.52. The summed E-state index contributed by atoms with van der Waals surface area (Å²) in [6.45, 7) is 2.55. The molecule has 6 heteroatoms. The normalized spacial score (nSPS) is 17.0. The van der Waals surface area contributed by atoms with Gasteiger partial charge >= 0.3 is 0 Å². The van der Waals surface area contributed by atoms with E-state index in [1.807, 2.05) is 18.2 Å². The van der Waals surface area contributed by atoms with E-state index < -0.39 is 0 Å². The van der Waals surface area contributed by atoms with Crippen LogP contribution < -0.4 is 4.74 Å². The van der Waals surface area contributed by atoms with Gasteiger partial charge in [-0.1, -0.05) is 24.3 Å². The monoisotopic (exact) mass is 377 g/mol. The van der Waals surface area contributed by atoms with Gasteiger partial charge in [0.2, 0.25) is 0 Å². The van der Waals surface area contributed by atoms with Crippen LogP contribution in [-0.2, 0) is 13.1 Å². The number of nitrogens with zero attached hydrogens (tertiary/aromatic N) is 3. The van der Waals surface area contributed by atoms with Crippen molar-refractivity contribution in [1.29, 1.82) is 0 Å². The molecule has 1 atom stereocenters. The maximum atomic E-state index is 11.2. The van der Waals surface area contributed by atoms with E-state index in [0.29, 0.717) is 6.54 Å². The average molecular weight is 377 g/mol. The molecule has 2 aromatic carbocycles. The highest BCUT2D eigenvalue weighted by atomic mass is 16.6. The van der Waals surface area contributed by atoms with Crippen molar-refractivity contribution in [2.45, 2.75) is 25.6 Å².